The second kappa shape index (κ2) is 10.3. The van der Waals surface area contributed by atoms with Crippen LogP contribution in [0.25, 0.3) is 0 Å². The smallest absolute Gasteiger partial charge is 0.410 e. The summed E-state index contributed by atoms with van der Waals surface area (Å²) in [6.07, 6.45) is 4.65. The minimum absolute atomic E-state index is 0.00479. The van der Waals surface area contributed by atoms with Gasteiger partial charge in [0.25, 0.3) is 0 Å². The molecular formula is C27H41N3O5S. The number of thiophene rings is 1. The second-order valence-corrected chi connectivity index (χ2v) is 13.2. The third-order valence-corrected chi connectivity index (χ3v) is 9.50. The highest BCUT2D eigenvalue weighted by Gasteiger charge is 2.42. The molecule has 0 radical (unpaired) electrons. The highest BCUT2D eigenvalue weighted by atomic mass is 32.1. The zero-order chi connectivity index (χ0) is 26.3. The number of rotatable bonds is 5. The van der Waals surface area contributed by atoms with E-state index in [2.05, 4.69) is 33.0 Å². The summed E-state index contributed by atoms with van der Waals surface area (Å²) in [4.78, 5) is 43.9. The summed E-state index contributed by atoms with van der Waals surface area (Å²) in [5.74, 6) is -0.537. The lowest BCUT2D eigenvalue weighted by molar-refractivity contribution is -0.124. The largest absolute Gasteiger partial charge is 0.477 e. The summed E-state index contributed by atoms with van der Waals surface area (Å²) in [5, 5.41) is 13.3. The third-order valence-electron chi connectivity index (χ3n) is 7.96. The molecule has 2 amide bonds. The lowest BCUT2D eigenvalue weighted by Crippen LogP contribution is -2.47. The predicted molar refractivity (Wildman–Crippen MR) is 141 cm³/mol. The number of carbonyl (C=O) groups is 3. The van der Waals surface area contributed by atoms with Crippen molar-refractivity contribution in [1.82, 2.24) is 10.2 Å². The Hall–Kier alpha value is -2.13. The SMILES string of the molecule is CC1CCC(C(=O)N(c2cc(C(C)(C)C)sc2C(=O)O)[C@H]2CCN(C(=O)OC3(C)CCNC3)C2)CC1. The molecule has 0 bridgehead atoms. The molecule has 1 saturated carbocycles. The number of hydrogen-bond donors (Lipinski definition) is 2. The van der Waals surface area contributed by atoms with Gasteiger partial charge in [-0.25, -0.2) is 9.59 Å². The van der Waals surface area contributed by atoms with Gasteiger partial charge in [-0.1, -0.05) is 27.7 Å². The maximum atomic E-state index is 14.0. The van der Waals surface area contributed by atoms with Gasteiger partial charge < -0.3 is 25.0 Å². The van der Waals surface area contributed by atoms with Crippen molar-refractivity contribution < 1.29 is 24.2 Å². The molecule has 1 aliphatic carbocycles. The van der Waals surface area contributed by atoms with E-state index in [1.165, 1.54) is 11.3 Å². The van der Waals surface area contributed by atoms with Crippen molar-refractivity contribution in [2.75, 3.05) is 31.1 Å². The number of likely N-dealkylation sites (tertiary alicyclic amines) is 1. The fourth-order valence-corrected chi connectivity index (χ4v) is 6.60. The third kappa shape index (κ3) is 5.72. The Kier molecular flexibility index (Phi) is 7.72. The Balaban J connectivity index is 1.62. The second-order valence-electron chi connectivity index (χ2n) is 12.2. The molecule has 2 saturated heterocycles. The molecule has 1 unspecified atom stereocenters. The Labute approximate surface area is 218 Å². The van der Waals surface area contributed by atoms with Crippen LogP contribution in [0.4, 0.5) is 10.5 Å². The summed E-state index contributed by atoms with van der Waals surface area (Å²) in [6, 6.07) is 1.61. The fraction of sp³-hybridized carbons (Fsp3) is 0.741. The number of carboxylic acid groups (broad SMARTS) is 1. The highest BCUT2D eigenvalue weighted by molar-refractivity contribution is 7.14. The Bertz CT molecular complexity index is 986. The first-order valence-corrected chi connectivity index (χ1v) is 14.1. The molecule has 2 aliphatic heterocycles. The Morgan fingerprint density at radius 1 is 1.19 bits per heavy atom. The standard InChI is InChI=1S/C27H41N3O5S/c1-17-6-8-18(9-7-17)23(31)30(20-14-21(26(2,3)4)36-22(20)24(32)33)19-10-13-29(15-19)25(34)35-27(5)11-12-28-16-27/h14,17-19,28H,6-13,15-16H2,1-5H3,(H,32,33)/t17?,18?,19-,27?/m0/s1. The number of ether oxygens (including phenoxy) is 1. The van der Waals surface area contributed by atoms with E-state index >= 15 is 0 Å². The minimum atomic E-state index is -1.02. The molecule has 1 aromatic heterocycles. The van der Waals surface area contributed by atoms with E-state index in [1.54, 1.807) is 9.80 Å². The number of nitrogens with one attached hydrogen (secondary N) is 1. The van der Waals surface area contributed by atoms with Gasteiger partial charge in [-0.15, -0.1) is 11.3 Å². The molecule has 200 valence electrons. The van der Waals surface area contributed by atoms with E-state index in [-0.39, 0.29) is 34.3 Å². The molecule has 36 heavy (non-hydrogen) atoms. The topological polar surface area (TPSA) is 99.2 Å². The number of amides is 2. The van der Waals surface area contributed by atoms with Crippen LogP contribution in [-0.2, 0) is 14.9 Å². The van der Waals surface area contributed by atoms with Crippen molar-refractivity contribution in [1.29, 1.82) is 0 Å². The molecule has 2 N–H and O–H groups in total. The lowest BCUT2D eigenvalue weighted by atomic mass is 9.82. The van der Waals surface area contributed by atoms with Crippen LogP contribution < -0.4 is 10.2 Å². The van der Waals surface area contributed by atoms with E-state index in [1.807, 2.05) is 13.0 Å². The summed E-state index contributed by atoms with van der Waals surface area (Å²) < 4.78 is 5.84. The van der Waals surface area contributed by atoms with Gasteiger partial charge >= 0.3 is 12.1 Å². The highest BCUT2D eigenvalue weighted by Crippen LogP contribution is 2.41. The van der Waals surface area contributed by atoms with Gasteiger partial charge in [0.1, 0.15) is 10.5 Å². The van der Waals surface area contributed by atoms with E-state index in [9.17, 15) is 19.5 Å². The van der Waals surface area contributed by atoms with Gasteiger partial charge in [-0.2, -0.15) is 0 Å². The zero-order valence-electron chi connectivity index (χ0n) is 22.3. The number of anilines is 1. The molecular weight excluding hydrogens is 478 g/mol. The first kappa shape index (κ1) is 26.9. The van der Waals surface area contributed by atoms with Gasteiger partial charge in [0.05, 0.1) is 11.7 Å². The molecule has 8 nitrogen and oxygen atoms in total. The molecule has 2 atom stereocenters. The van der Waals surface area contributed by atoms with Crippen LogP contribution in [0.15, 0.2) is 6.07 Å². The number of hydrogen-bond acceptors (Lipinski definition) is 6. The van der Waals surface area contributed by atoms with Crippen LogP contribution >= 0.6 is 11.3 Å². The first-order chi connectivity index (χ1) is 16.9. The van der Waals surface area contributed by atoms with Crippen molar-refractivity contribution in [2.24, 2.45) is 11.8 Å². The molecule has 4 rings (SSSR count). The van der Waals surface area contributed by atoms with Gasteiger partial charge in [-0.05, 0) is 63.0 Å². The quantitative estimate of drug-likeness (QED) is 0.576. The van der Waals surface area contributed by atoms with Gasteiger partial charge in [-0.3, -0.25) is 4.79 Å². The van der Waals surface area contributed by atoms with Crippen LogP contribution in [0.1, 0.15) is 87.7 Å². The van der Waals surface area contributed by atoms with Crippen molar-refractivity contribution in [2.45, 2.75) is 90.2 Å². The van der Waals surface area contributed by atoms with Crippen molar-refractivity contribution in [3.05, 3.63) is 15.8 Å². The van der Waals surface area contributed by atoms with Crippen molar-refractivity contribution in [3.8, 4) is 0 Å². The van der Waals surface area contributed by atoms with Crippen LogP contribution in [-0.4, -0.2) is 65.8 Å². The van der Waals surface area contributed by atoms with Crippen molar-refractivity contribution >= 4 is 35.0 Å². The molecule has 1 aromatic rings. The molecule has 3 aliphatic rings. The average molecular weight is 520 g/mol. The maximum Gasteiger partial charge on any atom is 0.410 e. The summed E-state index contributed by atoms with van der Waals surface area (Å²) >= 11 is 1.25. The van der Waals surface area contributed by atoms with E-state index < -0.39 is 11.6 Å². The lowest BCUT2D eigenvalue weighted by Gasteiger charge is -2.35. The molecule has 0 aromatic carbocycles. The predicted octanol–water partition coefficient (Wildman–Crippen LogP) is 4.87. The van der Waals surface area contributed by atoms with Gasteiger partial charge in [0.15, 0.2) is 0 Å². The molecule has 3 fully saturated rings. The fourth-order valence-electron chi connectivity index (χ4n) is 5.56. The van der Waals surface area contributed by atoms with E-state index in [0.717, 1.165) is 43.5 Å². The van der Waals surface area contributed by atoms with Crippen LogP contribution in [0, 0.1) is 11.8 Å². The van der Waals surface area contributed by atoms with Gasteiger partial charge in [0, 0.05) is 36.9 Å². The normalized spacial score (nSPS) is 28.8. The van der Waals surface area contributed by atoms with E-state index in [4.69, 9.17) is 4.74 Å². The van der Waals surface area contributed by atoms with Crippen LogP contribution in [0.3, 0.4) is 0 Å². The molecule has 0 spiro atoms. The van der Waals surface area contributed by atoms with E-state index in [0.29, 0.717) is 37.7 Å². The number of carbonyl (C=O) groups excluding carboxylic acids is 2. The van der Waals surface area contributed by atoms with Gasteiger partial charge in [0.2, 0.25) is 5.91 Å². The zero-order valence-corrected chi connectivity index (χ0v) is 23.1. The Morgan fingerprint density at radius 3 is 2.47 bits per heavy atom. The van der Waals surface area contributed by atoms with Crippen LogP contribution in [0.2, 0.25) is 0 Å². The minimum Gasteiger partial charge on any atom is -0.477 e. The Morgan fingerprint density at radius 2 is 1.89 bits per heavy atom. The molecule has 3 heterocycles. The number of nitrogens with zero attached hydrogens (tertiary/aromatic N) is 2. The number of carboxylic acids is 1. The summed E-state index contributed by atoms with van der Waals surface area (Å²) in [6.45, 7) is 12.6. The summed E-state index contributed by atoms with van der Waals surface area (Å²) in [5.41, 5.74) is -0.277. The monoisotopic (exact) mass is 519 g/mol. The number of aromatic carboxylic acids is 1. The van der Waals surface area contributed by atoms with Crippen LogP contribution in [0.5, 0.6) is 0 Å². The maximum absolute atomic E-state index is 14.0. The van der Waals surface area contributed by atoms with Crippen molar-refractivity contribution in [3.63, 3.8) is 0 Å². The summed E-state index contributed by atoms with van der Waals surface area (Å²) in [7, 11) is 0. The molecule has 9 heteroatoms. The first-order valence-electron chi connectivity index (χ1n) is 13.3. The average Bonchev–Trinajstić information content (AvgIpc) is 3.54.